The predicted molar refractivity (Wildman–Crippen MR) is 370 cm³/mol. The number of aromatic nitrogens is 11. The first-order valence-corrected chi connectivity index (χ1v) is 38.8. The molecule has 3 aliphatic heterocycles. The van der Waals surface area contributed by atoms with E-state index in [1.165, 1.54) is 73.5 Å². The molecule has 3 aliphatic rings. The summed E-state index contributed by atoms with van der Waals surface area (Å²) in [6.45, 7) is 2.27. The number of H-pyrrole nitrogens is 2. The third-order valence-corrected chi connectivity index (χ3v) is 22.1. The largest absolute Gasteiger partial charge is 0.490 e. The number of imidazole rings is 3. The van der Waals surface area contributed by atoms with Crippen LogP contribution in [0.4, 0.5) is 17.6 Å². The Labute approximate surface area is 613 Å². The summed E-state index contributed by atoms with van der Waals surface area (Å²) >= 11 is 0. The number of phosphoric acid groups is 4. The van der Waals surface area contributed by atoms with Gasteiger partial charge in [0, 0.05) is 24.3 Å². The summed E-state index contributed by atoms with van der Waals surface area (Å²) in [6.07, 6.45) is -16.8. The summed E-state index contributed by atoms with van der Waals surface area (Å²) < 4.78 is 132. The summed E-state index contributed by atoms with van der Waals surface area (Å²) in [5.41, 5.74) is 4.13. The Morgan fingerprint density at radius 2 is 1.18 bits per heavy atom. The molecule has 3 saturated heterocycles. The topological polar surface area (TPSA) is 577 Å². The minimum atomic E-state index is -6.36. The highest BCUT2D eigenvalue weighted by Gasteiger charge is 2.56. The van der Waals surface area contributed by atoms with Crippen LogP contribution >= 0.6 is 31.3 Å². The van der Waals surface area contributed by atoms with Gasteiger partial charge in [0.2, 0.25) is 11.7 Å². The molecule has 12 N–H and O–H groups in total. The quantitative estimate of drug-likeness (QED) is 0.0169. The van der Waals surface area contributed by atoms with Crippen molar-refractivity contribution in [2.24, 2.45) is 11.8 Å². The number of pyridine rings is 1. The van der Waals surface area contributed by atoms with Crippen molar-refractivity contribution in [2.45, 2.75) is 108 Å². The fraction of sp³-hybridized carbons (Fsp3) is 0.387. The lowest BCUT2D eigenvalue weighted by Gasteiger charge is -2.27. The van der Waals surface area contributed by atoms with Crippen molar-refractivity contribution < 1.29 is 132 Å². The number of carbonyl (C=O) groups excluding carboxylic acids is 4. The monoisotopic (exact) mass is 1600 g/mol. The van der Waals surface area contributed by atoms with Crippen molar-refractivity contribution in [3.8, 4) is 5.75 Å². The second kappa shape index (κ2) is 32.7. The van der Waals surface area contributed by atoms with E-state index < -0.39 is 171 Å². The molecule has 3 aromatic carbocycles. The van der Waals surface area contributed by atoms with Crippen LogP contribution in [-0.2, 0) is 89.5 Å². The number of para-hydroxylation sites is 1. The summed E-state index contributed by atoms with van der Waals surface area (Å²) in [4.78, 5) is 151. The number of nitrogens with two attached hydrogens (primary N) is 1. The second-order valence-electron chi connectivity index (χ2n) is 25.1. The number of aliphatic hydroxyl groups is 2. The number of carbonyl (C=O) groups is 4. The molecule has 0 aliphatic carbocycles. The van der Waals surface area contributed by atoms with Gasteiger partial charge in [-0.15, -0.1) is 0 Å². The van der Waals surface area contributed by atoms with Gasteiger partial charge in [-0.2, -0.15) is 8.62 Å². The van der Waals surface area contributed by atoms with Crippen LogP contribution in [0.15, 0.2) is 132 Å². The molecule has 9 heterocycles. The van der Waals surface area contributed by atoms with E-state index in [4.69, 9.17) is 57.0 Å². The van der Waals surface area contributed by atoms with Crippen LogP contribution in [0.2, 0.25) is 0 Å². The first kappa shape index (κ1) is 79.3. The molecule has 0 radical (unpaired) electrons. The number of esters is 2. The van der Waals surface area contributed by atoms with Gasteiger partial charge in [-0.3, -0.25) is 65.5 Å². The second-order valence-corrected chi connectivity index (χ2v) is 31.1. The van der Waals surface area contributed by atoms with Gasteiger partial charge in [0.15, 0.2) is 53.5 Å². The van der Waals surface area contributed by atoms with Gasteiger partial charge >= 0.3 is 48.9 Å². The van der Waals surface area contributed by atoms with Gasteiger partial charge in [0.05, 0.1) is 49.8 Å². The number of aromatic amines is 2. The number of rotatable bonds is 31. The van der Waals surface area contributed by atoms with Crippen LogP contribution in [0.1, 0.15) is 67.1 Å². The van der Waals surface area contributed by atoms with E-state index in [0.29, 0.717) is 5.75 Å². The minimum Gasteiger partial charge on any atom is -0.490 e. The molecule has 0 saturated carbocycles. The van der Waals surface area contributed by atoms with Crippen LogP contribution in [0, 0.1) is 11.8 Å². The van der Waals surface area contributed by atoms with Crippen LogP contribution in [0.3, 0.4) is 0 Å². The molecular formula is C62H71N14O29P4+. The molecule has 2 amide bonds. The Balaban J connectivity index is 0.771. The van der Waals surface area contributed by atoms with Crippen LogP contribution in [0.25, 0.3) is 33.4 Å². The number of amides is 2. The number of nitrogens with one attached hydrogen (secondary N) is 4. The van der Waals surface area contributed by atoms with E-state index in [9.17, 15) is 76.8 Å². The molecule has 12 rings (SSSR count). The van der Waals surface area contributed by atoms with Gasteiger partial charge in [0.25, 0.3) is 28.9 Å². The highest BCUT2D eigenvalue weighted by atomic mass is 31.3. The van der Waals surface area contributed by atoms with E-state index in [1.807, 2.05) is 0 Å². The fourth-order valence-electron chi connectivity index (χ4n) is 11.7. The molecule has 582 valence electrons. The maximum atomic E-state index is 14.7. The van der Waals surface area contributed by atoms with Gasteiger partial charge in [0.1, 0.15) is 73.8 Å². The number of nitrogen functional groups attached to an aromatic ring is 1. The van der Waals surface area contributed by atoms with E-state index in [-0.39, 0.29) is 75.2 Å². The number of hydrogen-bond donors (Lipinski definition) is 11. The lowest BCUT2D eigenvalue weighted by Crippen LogP contribution is -2.46. The first-order valence-electron chi connectivity index (χ1n) is 32.9. The molecule has 0 spiro atoms. The maximum Gasteiger partial charge on any atom is 0.490 e. The van der Waals surface area contributed by atoms with Crippen molar-refractivity contribution >= 4 is 106 Å². The molecule has 0 bridgehead atoms. The number of phosphoric ester groups is 3. The highest BCUT2D eigenvalue weighted by Crippen LogP contribution is 2.68. The number of nitrogens with zero attached hydrogens (tertiary/aromatic N) is 9. The van der Waals surface area contributed by atoms with E-state index in [1.54, 1.807) is 66.7 Å². The third-order valence-electron chi connectivity index (χ3n) is 16.8. The fourth-order valence-corrected chi connectivity index (χ4v) is 16.2. The molecular weight excluding hydrogens is 1530 g/mol. The number of hydrogen-bond acceptors (Lipinski definition) is 31. The smallest absolute Gasteiger partial charge is 0.490 e. The highest BCUT2D eigenvalue weighted by molar-refractivity contribution is 7.66. The Bertz CT molecular complexity index is 5170. The summed E-state index contributed by atoms with van der Waals surface area (Å²) in [5.74, 6) is -4.77. The Hall–Kier alpha value is -9.26. The zero-order valence-electron chi connectivity index (χ0n) is 57.6. The molecule has 4 unspecified atom stereocenters. The number of aliphatic hydroxyl groups excluding tert-OH is 2. The Morgan fingerprint density at radius 3 is 1.80 bits per heavy atom. The number of benzene rings is 3. The normalized spacial score (nSPS) is 24.4. The molecule has 47 heteroatoms. The maximum absolute atomic E-state index is 14.7. The van der Waals surface area contributed by atoms with Crippen LogP contribution in [0.5, 0.6) is 5.75 Å². The Kier molecular flexibility index (Phi) is 23.8. The van der Waals surface area contributed by atoms with E-state index in [2.05, 4.69) is 54.1 Å². The van der Waals surface area contributed by atoms with Gasteiger partial charge in [-0.1, -0.05) is 87.3 Å². The van der Waals surface area contributed by atoms with Crippen molar-refractivity contribution in [2.75, 3.05) is 49.9 Å². The van der Waals surface area contributed by atoms with Gasteiger partial charge in [-0.05, 0) is 36.4 Å². The average molecular weight is 1600 g/mol. The SMILES string of the molecule is CO[C@@H]1[C@H](OP(=O)(O)OC[C@H]2O[C@@H](n3cnc4c(=O)[nH]c(NC(=O)c5ccccc5)cc43)[C@H](OC(=O)C(C)C)[C@@H]2OC(=O)C(C)C)[C@@H](COP(=O)(O)OP(=O)(O)OP(=O)(O)OC[C@H]2O[C@@H]([n+]3cn(CCOc4ccccc4)c4c(=O)[nH]c(N)nc43)[C@H](O)[C@@H]2O)O[C@H]1n1cnc2c(NC(=O)c3ccccc3)ncnc21. The number of anilines is 3. The lowest BCUT2D eigenvalue weighted by atomic mass is 10.1. The van der Waals surface area contributed by atoms with Crippen LogP contribution < -0.4 is 36.8 Å². The molecule has 109 heavy (non-hydrogen) atoms. The minimum absolute atomic E-state index is 0.0122. The van der Waals surface area contributed by atoms with Gasteiger partial charge in [-0.25, -0.2) is 42.8 Å². The summed E-state index contributed by atoms with van der Waals surface area (Å²) in [5, 5.41) is 27.5. The molecule has 16 atom stereocenters. The lowest BCUT2D eigenvalue weighted by molar-refractivity contribution is -0.746. The summed E-state index contributed by atoms with van der Waals surface area (Å²) in [7, 11) is -23.2. The zero-order valence-corrected chi connectivity index (χ0v) is 61.2. The molecule has 43 nitrogen and oxygen atoms in total. The van der Waals surface area contributed by atoms with Crippen molar-refractivity contribution in [1.29, 1.82) is 0 Å². The molecule has 3 fully saturated rings. The van der Waals surface area contributed by atoms with Gasteiger partial charge < -0.3 is 84.3 Å². The van der Waals surface area contributed by atoms with E-state index >= 15 is 0 Å². The number of methoxy groups -OCH3 is 1. The zero-order chi connectivity index (χ0) is 78.0. The average Bonchev–Trinajstić information content (AvgIpc) is 1.62. The first-order chi connectivity index (χ1) is 51.8. The van der Waals surface area contributed by atoms with E-state index in [0.717, 1.165) is 35.2 Å². The van der Waals surface area contributed by atoms with Crippen molar-refractivity contribution in [1.82, 2.24) is 48.6 Å². The Morgan fingerprint density at radius 1 is 0.633 bits per heavy atom. The van der Waals surface area contributed by atoms with Crippen molar-refractivity contribution in [3.63, 3.8) is 0 Å². The third kappa shape index (κ3) is 18.1. The van der Waals surface area contributed by atoms with Crippen LogP contribution in [-0.4, -0.2) is 191 Å². The summed E-state index contributed by atoms with van der Waals surface area (Å²) in [6, 6.07) is 25.9. The van der Waals surface area contributed by atoms with Crippen molar-refractivity contribution in [3.05, 3.63) is 154 Å². The number of fused-ring (bicyclic) bond motifs is 3. The molecule has 6 aromatic heterocycles. The standard InChI is InChI=1S/C62H70N14O29P4/c1-31(2)60(83)101-46-38(99-59(49(46)102-61(84)32(3)4)74-28-66-41-36(74)23-40(69-55(41)81)68-53(79)33-15-9-6-10-16-33)25-95-106(85,86)103-47-39(100-58(48(47)93-5)75-29-67-42-50(64-27-65-51(42)75)70-54(80)34-17-11-7-12-18-34)26-97-108(89,90)105-109(91,92)104-107(87,88)96-24-37-44(77)45(78)57(98-37)76-30-73(21-22-94-35-19-13-8-14-20-35)43-52(76)71-62(63)72-56(43)82/h6-20,23,27-32,37-39,44-49,57-59,77-78H,21-22,24-26H2,1-5H3,(H9-,63,64,65,68,69,70,71,72,79,80,81,82,85,86,87,88,89,90,91,92)/p+1/t37-,38-,39-,44-,45-,46-,47-,48-,49-,57-,58-,59-/m1/s1. The molecule has 9 aromatic rings. The predicted octanol–water partition coefficient (Wildman–Crippen LogP) is 3.19. The number of ether oxygens (including phenoxy) is 7.